The van der Waals surface area contributed by atoms with Crippen molar-refractivity contribution in [3.05, 3.63) is 51.9 Å². The van der Waals surface area contributed by atoms with Crippen LogP contribution < -0.4 is 10.6 Å². The van der Waals surface area contributed by atoms with Crippen LogP contribution in [0.1, 0.15) is 41.4 Å². The third-order valence-corrected chi connectivity index (χ3v) is 8.62. The molecule has 162 valence electrons. The zero-order chi connectivity index (χ0) is 21.7. The number of nitrogens with zero attached hydrogens (tertiary/aromatic N) is 1. The number of rotatable bonds is 7. The Labute approximate surface area is 185 Å². The molecule has 2 heterocycles. The van der Waals surface area contributed by atoms with E-state index in [1.165, 1.54) is 4.31 Å². The summed E-state index contributed by atoms with van der Waals surface area (Å²) >= 11 is 7.16. The van der Waals surface area contributed by atoms with E-state index < -0.39 is 22.0 Å². The Morgan fingerprint density at radius 1 is 1.13 bits per heavy atom. The average Bonchev–Trinajstić information content (AvgIpc) is 3.23. The highest BCUT2D eigenvalue weighted by molar-refractivity contribution is 7.91. The lowest BCUT2D eigenvalue weighted by Crippen LogP contribution is -2.44. The van der Waals surface area contributed by atoms with Gasteiger partial charge in [0.15, 0.2) is 0 Å². The maximum absolute atomic E-state index is 12.7. The molecule has 0 unspecified atom stereocenters. The van der Waals surface area contributed by atoms with E-state index in [4.69, 9.17) is 11.6 Å². The molecule has 3 rings (SSSR count). The monoisotopic (exact) mass is 469 g/mol. The summed E-state index contributed by atoms with van der Waals surface area (Å²) in [6, 6.07) is 9.11. The van der Waals surface area contributed by atoms with Crippen LogP contribution in [0.15, 0.2) is 40.6 Å². The molecule has 0 bridgehead atoms. The molecule has 7 nitrogen and oxygen atoms in total. The molecule has 30 heavy (non-hydrogen) atoms. The molecule has 1 aromatic carbocycles. The minimum atomic E-state index is -3.48. The van der Waals surface area contributed by atoms with Crippen molar-refractivity contribution in [2.45, 2.75) is 43.0 Å². The Hall–Kier alpha value is -1.94. The SMILES string of the molecule is C[C@H](NC(=O)c1ccccc1Cl)C(=O)NCc1ccc(S(=O)(=O)N2CCCCC2)s1. The number of hydrogen-bond donors (Lipinski definition) is 2. The summed E-state index contributed by atoms with van der Waals surface area (Å²) in [6.07, 6.45) is 2.82. The van der Waals surface area contributed by atoms with E-state index in [1.807, 2.05) is 0 Å². The molecular weight excluding hydrogens is 446 g/mol. The first-order valence-electron chi connectivity index (χ1n) is 9.71. The molecule has 1 aromatic heterocycles. The van der Waals surface area contributed by atoms with Crippen molar-refractivity contribution >= 4 is 44.8 Å². The van der Waals surface area contributed by atoms with Gasteiger partial charge in [0.2, 0.25) is 5.91 Å². The Morgan fingerprint density at radius 2 is 1.83 bits per heavy atom. The van der Waals surface area contributed by atoms with Gasteiger partial charge in [0.25, 0.3) is 15.9 Å². The van der Waals surface area contributed by atoms with Crippen molar-refractivity contribution in [1.29, 1.82) is 0 Å². The van der Waals surface area contributed by atoms with Gasteiger partial charge in [-0.2, -0.15) is 4.31 Å². The van der Waals surface area contributed by atoms with Gasteiger partial charge in [-0.05, 0) is 44.0 Å². The number of halogens is 1. The maximum Gasteiger partial charge on any atom is 0.253 e. The number of benzene rings is 1. The molecule has 1 atom stereocenters. The lowest BCUT2D eigenvalue weighted by Gasteiger charge is -2.25. The molecule has 0 spiro atoms. The van der Waals surface area contributed by atoms with E-state index in [0.29, 0.717) is 23.7 Å². The van der Waals surface area contributed by atoms with Gasteiger partial charge in [-0.15, -0.1) is 11.3 Å². The second-order valence-corrected chi connectivity index (χ2v) is 10.8. The number of sulfonamides is 1. The Balaban J connectivity index is 1.55. The number of amides is 2. The molecule has 2 amide bonds. The Morgan fingerprint density at radius 3 is 2.53 bits per heavy atom. The molecule has 1 fully saturated rings. The molecule has 0 saturated carbocycles. The first-order chi connectivity index (χ1) is 14.3. The van der Waals surface area contributed by atoms with Crippen LogP contribution in [0.4, 0.5) is 0 Å². The van der Waals surface area contributed by atoms with E-state index in [0.717, 1.165) is 35.5 Å². The zero-order valence-corrected chi connectivity index (χ0v) is 18.9. The fourth-order valence-corrected chi connectivity index (χ4v) is 6.33. The van der Waals surface area contributed by atoms with Crippen LogP contribution in [0.5, 0.6) is 0 Å². The minimum Gasteiger partial charge on any atom is -0.349 e. The highest BCUT2D eigenvalue weighted by Gasteiger charge is 2.27. The number of carbonyl (C=O) groups is 2. The number of nitrogens with one attached hydrogen (secondary N) is 2. The smallest absolute Gasteiger partial charge is 0.253 e. The van der Waals surface area contributed by atoms with Crippen molar-refractivity contribution in [3.8, 4) is 0 Å². The van der Waals surface area contributed by atoms with Crippen LogP contribution in [0.25, 0.3) is 0 Å². The van der Waals surface area contributed by atoms with Crippen molar-refractivity contribution in [1.82, 2.24) is 14.9 Å². The van der Waals surface area contributed by atoms with Gasteiger partial charge in [0.1, 0.15) is 10.3 Å². The molecule has 0 aliphatic carbocycles. The normalized spacial score (nSPS) is 16.1. The highest BCUT2D eigenvalue weighted by Crippen LogP contribution is 2.27. The Bertz CT molecular complexity index is 1020. The summed E-state index contributed by atoms with van der Waals surface area (Å²) < 4.78 is 27.3. The third-order valence-electron chi connectivity index (χ3n) is 4.84. The van der Waals surface area contributed by atoms with Gasteiger partial charge in [0.05, 0.1) is 17.1 Å². The quantitative estimate of drug-likeness (QED) is 0.651. The van der Waals surface area contributed by atoms with Crippen LogP contribution in [-0.4, -0.2) is 43.7 Å². The number of hydrogen-bond acceptors (Lipinski definition) is 5. The molecule has 1 aliphatic heterocycles. The van der Waals surface area contributed by atoms with Gasteiger partial charge in [-0.1, -0.05) is 30.2 Å². The van der Waals surface area contributed by atoms with Gasteiger partial charge < -0.3 is 10.6 Å². The van der Waals surface area contributed by atoms with E-state index in [-0.39, 0.29) is 16.7 Å². The summed E-state index contributed by atoms with van der Waals surface area (Å²) in [7, 11) is -3.48. The van der Waals surface area contributed by atoms with Crippen LogP contribution in [0.3, 0.4) is 0 Å². The van der Waals surface area contributed by atoms with Gasteiger partial charge in [-0.3, -0.25) is 9.59 Å². The lowest BCUT2D eigenvalue weighted by molar-refractivity contribution is -0.122. The molecule has 2 aromatic rings. The first kappa shape index (κ1) is 22.7. The third kappa shape index (κ3) is 5.40. The molecule has 0 radical (unpaired) electrons. The van der Waals surface area contributed by atoms with Gasteiger partial charge in [0, 0.05) is 18.0 Å². The molecule has 1 aliphatic rings. The van der Waals surface area contributed by atoms with Crippen molar-refractivity contribution in [3.63, 3.8) is 0 Å². The van der Waals surface area contributed by atoms with E-state index in [9.17, 15) is 18.0 Å². The summed E-state index contributed by atoms with van der Waals surface area (Å²) in [5, 5.41) is 5.65. The van der Waals surface area contributed by atoms with Crippen LogP contribution in [-0.2, 0) is 21.4 Å². The highest BCUT2D eigenvalue weighted by atomic mass is 35.5. The van der Waals surface area contributed by atoms with Crippen molar-refractivity contribution in [2.24, 2.45) is 0 Å². The van der Waals surface area contributed by atoms with E-state index in [2.05, 4.69) is 10.6 Å². The Kier molecular flexibility index (Phi) is 7.51. The molecule has 1 saturated heterocycles. The standard InChI is InChI=1S/C20H24ClN3O4S2/c1-14(23-20(26)16-7-3-4-8-17(16)21)19(25)22-13-15-9-10-18(29-15)30(27,28)24-11-5-2-6-12-24/h3-4,7-10,14H,2,5-6,11-13H2,1H3,(H,22,25)(H,23,26)/t14-/m0/s1. The summed E-state index contributed by atoms with van der Waals surface area (Å²) in [6.45, 7) is 2.86. The zero-order valence-electron chi connectivity index (χ0n) is 16.6. The summed E-state index contributed by atoms with van der Waals surface area (Å²) in [5.41, 5.74) is 0.296. The topological polar surface area (TPSA) is 95.6 Å². The number of piperidine rings is 1. The molecule has 2 N–H and O–H groups in total. The van der Waals surface area contributed by atoms with E-state index in [1.54, 1.807) is 43.3 Å². The summed E-state index contributed by atoms with van der Waals surface area (Å²) in [5.74, 6) is -0.807. The molecular formula is C20H24ClN3O4S2. The van der Waals surface area contributed by atoms with Crippen LogP contribution >= 0.6 is 22.9 Å². The van der Waals surface area contributed by atoms with Crippen molar-refractivity contribution in [2.75, 3.05) is 13.1 Å². The lowest BCUT2D eigenvalue weighted by atomic mass is 10.2. The second-order valence-electron chi connectivity index (χ2n) is 7.08. The van der Waals surface area contributed by atoms with Crippen LogP contribution in [0.2, 0.25) is 5.02 Å². The molecule has 10 heteroatoms. The predicted molar refractivity (Wildman–Crippen MR) is 117 cm³/mol. The average molecular weight is 470 g/mol. The number of thiophene rings is 1. The summed E-state index contributed by atoms with van der Waals surface area (Å²) in [4.78, 5) is 25.3. The minimum absolute atomic E-state index is 0.186. The maximum atomic E-state index is 12.7. The first-order valence-corrected chi connectivity index (χ1v) is 12.3. The number of carbonyl (C=O) groups excluding carboxylic acids is 2. The second kappa shape index (κ2) is 9.91. The fourth-order valence-electron chi connectivity index (χ4n) is 3.14. The predicted octanol–water partition coefficient (Wildman–Crippen LogP) is 3.01. The van der Waals surface area contributed by atoms with Crippen LogP contribution in [0, 0.1) is 0 Å². The fraction of sp³-hybridized carbons (Fsp3) is 0.400. The van der Waals surface area contributed by atoms with Gasteiger partial charge >= 0.3 is 0 Å². The van der Waals surface area contributed by atoms with Gasteiger partial charge in [-0.25, -0.2) is 8.42 Å². The van der Waals surface area contributed by atoms with E-state index >= 15 is 0 Å². The van der Waals surface area contributed by atoms with Crippen molar-refractivity contribution < 1.29 is 18.0 Å². The largest absolute Gasteiger partial charge is 0.349 e.